The van der Waals surface area contributed by atoms with Crippen molar-refractivity contribution in [1.29, 1.82) is 0 Å². The number of fused-ring (bicyclic) bond motifs is 2. The summed E-state index contributed by atoms with van der Waals surface area (Å²) >= 11 is 7.29. The summed E-state index contributed by atoms with van der Waals surface area (Å²) in [7, 11) is 0. The number of benzene rings is 1. The standard InChI is InChI=1S/C17H23Br2N/c1-2-20-17(15-6-5-14(18)10-16(15)19)9-13-8-11-3-4-12(13)7-11/h5-6,10-13,17,20H,2-4,7-9H2,1H3. The Hall–Kier alpha value is 0.140. The summed E-state index contributed by atoms with van der Waals surface area (Å²) in [5, 5.41) is 3.70. The van der Waals surface area contributed by atoms with Crippen molar-refractivity contribution in [3.05, 3.63) is 32.7 Å². The van der Waals surface area contributed by atoms with Gasteiger partial charge >= 0.3 is 0 Å². The van der Waals surface area contributed by atoms with E-state index >= 15 is 0 Å². The molecule has 3 heteroatoms. The Labute approximate surface area is 139 Å². The van der Waals surface area contributed by atoms with Crippen LogP contribution in [0, 0.1) is 17.8 Å². The van der Waals surface area contributed by atoms with E-state index in [1.165, 1.54) is 42.1 Å². The molecule has 1 nitrogen and oxygen atoms in total. The molecule has 0 saturated heterocycles. The van der Waals surface area contributed by atoms with Gasteiger partial charge in [0, 0.05) is 15.0 Å². The lowest BCUT2D eigenvalue weighted by Crippen LogP contribution is -2.25. The van der Waals surface area contributed by atoms with E-state index in [0.717, 1.165) is 28.8 Å². The molecule has 0 amide bonds. The fourth-order valence-corrected chi connectivity index (χ4v) is 5.64. The van der Waals surface area contributed by atoms with Crippen molar-refractivity contribution in [3.8, 4) is 0 Å². The molecule has 2 fully saturated rings. The number of rotatable bonds is 5. The molecular formula is C17H23Br2N. The second-order valence-corrected chi connectivity index (χ2v) is 8.22. The van der Waals surface area contributed by atoms with Crippen LogP contribution in [0.5, 0.6) is 0 Å². The van der Waals surface area contributed by atoms with Gasteiger partial charge in [0.1, 0.15) is 0 Å². The largest absolute Gasteiger partial charge is 0.310 e. The van der Waals surface area contributed by atoms with Gasteiger partial charge in [-0.25, -0.2) is 0 Å². The molecule has 4 atom stereocenters. The lowest BCUT2D eigenvalue weighted by Gasteiger charge is -2.28. The van der Waals surface area contributed by atoms with Crippen molar-refractivity contribution in [2.75, 3.05) is 6.54 Å². The monoisotopic (exact) mass is 399 g/mol. The highest BCUT2D eigenvalue weighted by Crippen LogP contribution is 2.51. The summed E-state index contributed by atoms with van der Waals surface area (Å²) in [6, 6.07) is 7.08. The highest BCUT2D eigenvalue weighted by Gasteiger charge is 2.40. The fraction of sp³-hybridized carbons (Fsp3) is 0.647. The van der Waals surface area contributed by atoms with Gasteiger partial charge in [0.25, 0.3) is 0 Å². The van der Waals surface area contributed by atoms with Gasteiger partial charge in [0.15, 0.2) is 0 Å². The molecule has 2 aliphatic carbocycles. The third-order valence-electron chi connectivity index (χ3n) is 5.21. The fourth-order valence-electron chi connectivity index (χ4n) is 4.32. The first kappa shape index (κ1) is 15.1. The van der Waals surface area contributed by atoms with Crippen LogP contribution < -0.4 is 5.32 Å². The summed E-state index contributed by atoms with van der Waals surface area (Å²) in [5.41, 5.74) is 1.41. The maximum Gasteiger partial charge on any atom is 0.0334 e. The van der Waals surface area contributed by atoms with Crippen molar-refractivity contribution in [3.63, 3.8) is 0 Å². The van der Waals surface area contributed by atoms with Crippen LogP contribution in [-0.2, 0) is 0 Å². The minimum Gasteiger partial charge on any atom is -0.310 e. The first-order valence-corrected chi connectivity index (χ1v) is 9.44. The third-order valence-corrected chi connectivity index (χ3v) is 6.39. The number of halogens is 2. The van der Waals surface area contributed by atoms with Crippen molar-refractivity contribution in [2.45, 2.75) is 45.1 Å². The van der Waals surface area contributed by atoms with E-state index in [4.69, 9.17) is 0 Å². The Bertz CT molecular complexity index is 474. The quantitative estimate of drug-likeness (QED) is 0.669. The maximum atomic E-state index is 3.74. The molecule has 2 saturated carbocycles. The van der Waals surface area contributed by atoms with E-state index in [9.17, 15) is 0 Å². The highest BCUT2D eigenvalue weighted by atomic mass is 79.9. The van der Waals surface area contributed by atoms with E-state index in [1.807, 2.05) is 0 Å². The van der Waals surface area contributed by atoms with Gasteiger partial charge in [0.05, 0.1) is 0 Å². The zero-order valence-corrected chi connectivity index (χ0v) is 15.2. The Balaban J connectivity index is 1.75. The van der Waals surface area contributed by atoms with Crippen molar-refractivity contribution < 1.29 is 0 Å². The minimum atomic E-state index is 0.492. The normalized spacial score (nSPS) is 29.9. The Morgan fingerprint density at radius 2 is 2.10 bits per heavy atom. The summed E-state index contributed by atoms with van der Waals surface area (Å²) in [6.45, 7) is 3.24. The zero-order valence-electron chi connectivity index (χ0n) is 12.0. The lowest BCUT2D eigenvalue weighted by atomic mass is 9.83. The van der Waals surface area contributed by atoms with E-state index in [2.05, 4.69) is 62.3 Å². The van der Waals surface area contributed by atoms with E-state index < -0.39 is 0 Å². The average molecular weight is 401 g/mol. The molecule has 0 radical (unpaired) electrons. The SMILES string of the molecule is CCNC(CC1CC2CCC1C2)c1ccc(Br)cc1Br. The van der Waals surface area contributed by atoms with Gasteiger partial charge in [-0.2, -0.15) is 0 Å². The van der Waals surface area contributed by atoms with Gasteiger partial charge in [-0.3, -0.25) is 0 Å². The first-order chi connectivity index (χ1) is 9.67. The average Bonchev–Trinajstić information content (AvgIpc) is 3.00. The molecule has 1 N–H and O–H groups in total. The van der Waals surface area contributed by atoms with Gasteiger partial charge in [0.2, 0.25) is 0 Å². The Morgan fingerprint density at radius 1 is 1.25 bits per heavy atom. The van der Waals surface area contributed by atoms with Crippen LogP contribution in [0.15, 0.2) is 27.1 Å². The van der Waals surface area contributed by atoms with Crippen LogP contribution >= 0.6 is 31.9 Å². The molecule has 4 unspecified atom stereocenters. The molecule has 110 valence electrons. The van der Waals surface area contributed by atoms with Gasteiger partial charge < -0.3 is 5.32 Å². The number of hydrogen-bond donors (Lipinski definition) is 1. The van der Waals surface area contributed by atoms with Crippen LogP contribution in [0.2, 0.25) is 0 Å². The molecule has 0 aliphatic heterocycles. The van der Waals surface area contributed by atoms with Crippen LogP contribution in [-0.4, -0.2) is 6.54 Å². The number of hydrogen-bond acceptors (Lipinski definition) is 1. The molecular weight excluding hydrogens is 378 g/mol. The smallest absolute Gasteiger partial charge is 0.0334 e. The summed E-state index contributed by atoms with van der Waals surface area (Å²) in [4.78, 5) is 0. The Kier molecular flexibility index (Phi) is 4.89. The molecule has 2 aliphatic rings. The molecule has 0 spiro atoms. The molecule has 20 heavy (non-hydrogen) atoms. The molecule has 0 aromatic heterocycles. The predicted molar refractivity (Wildman–Crippen MR) is 91.8 cm³/mol. The summed E-state index contributed by atoms with van der Waals surface area (Å²) in [5.74, 6) is 2.99. The Morgan fingerprint density at radius 3 is 2.70 bits per heavy atom. The van der Waals surface area contributed by atoms with Crippen molar-refractivity contribution >= 4 is 31.9 Å². The summed E-state index contributed by atoms with van der Waals surface area (Å²) < 4.78 is 2.37. The third kappa shape index (κ3) is 3.15. The predicted octanol–water partition coefficient (Wildman–Crippen LogP) is 5.69. The maximum absolute atomic E-state index is 3.74. The van der Waals surface area contributed by atoms with Gasteiger partial charge in [-0.1, -0.05) is 51.3 Å². The minimum absolute atomic E-state index is 0.492. The zero-order chi connectivity index (χ0) is 14.1. The van der Waals surface area contributed by atoms with Crippen LogP contribution in [0.4, 0.5) is 0 Å². The molecule has 2 bridgehead atoms. The van der Waals surface area contributed by atoms with Crippen LogP contribution in [0.3, 0.4) is 0 Å². The topological polar surface area (TPSA) is 12.0 Å². The lowest BCUT2D eigenvalue weighted by molar-refractivity contribution is 0.280. The highest BCUT2D eigenvalue weighted by molar-refractivity contribution is 9.11. The van der Waals surface area contributed by atoms with E-state index in [1.54, 1.807) is 0 Å². The second kappa shape index (κ2) is 6.50. The van der Waals surface area contributed by atoms with Gasteiger partial charge in [-0.05, 0) is 67.7 Å². The van der Waals surface area contributed by atoms with Crippen molar-refractivity contribution in [2.24, 2.45) is 17.8 Å². The number of nitrogens with one attached hydrogen (secondary N) is 1. The van der Waals surface area contributed by atoms with E-state index in [0.29, 0.717) is 6.04 Å². The van der Waals surface area contributed by atoms with Crippen LogP contribution in [0.25, 0.3) is 0 Å². The van der Waals surface area contributed by atoms with E-state index in [-0.39, 0.29) is 0 Å². The van der Waals surface area contributed by atoms with Gasteiger partial charge in [-0.15, -0.1) is 0 Å². The molecule has 1 aromatic carbocycles. The first-order valence-electron chi connectivity index (χ1n) is 7.85. The van der Waals surface area contributed by atoms with Crippen LogP contribution in [0.1, 0.15) is 50.6 Å². The summed E-state index contributed by atoms with van der Waals surface area (Å²) in [6.07, 6.45) is 7.26. The molecule has 1 aromatic rings. The second-order valence-electron chi connectivity index (χ2n) is 6.45. The molecule has 3 rings (SSSR count). The van der Waals surface area contributed by atoms with Crippen molar-refractivity contribution in [1.82, 2.24) is 5.32 Å². The molecule has 0 heterocycles.